The summed E-state index contributed by atoms with van der Waals surface area (Å²) in [7, 11) is -2.28. The Balaban J connectivity index is 3.44. The van der Waals surface area contributed by atoms with Gasteiger partial charge in [-0.25, -0.2) is 4.39 Å². The van der Waals surface area contributed by atoms with E-state index in [-0.39, 0.29) is 12.4 Å². The van der Waals surface area contributed by atoms with E-state index in [1.165, 1.54) is 0 Å². The minimum Gasteiger partial charge on any atom is -0.423 e. The molecule has 2 N–H and O–H groups in total. The zero-order valence-electron chi connectivity index (χ0n) is 7.62. The number of benzene rings is 1. The van der Waals surface area contributed by atoms with Crippen molar-refractivity contribution in [2.45, 2.75) is 6.18 Å². The Hall–Kier alpha value is -1.41. The van der Waals surface area contributed by atoms with Gasteiger partial charge in [0.2, 0.25) is 0 Å². The van der Waals surface area contributed by atoms with Gasteiger partial charge in [-0.1, -0.05) is 0 Å². The van der Waals surface area contributed by atoms with E-state index >= 15 is 0 Å². The van der Waals surface area contributed by atoms with Crippen LogP contribution in [0.1, 0.15) is 15.9 Å². The highest BCUT2D eigenvalue weighted by atomic mass is 19.4. The van der Waals surface area contributed by atoms with Crippen LogP contribution in [0.3, 0.4) is 0 Å². The molecule has 1 aromatic rings. The van der Waals surface area contributed by atoms with Crippen molar-refractivity contribution in [1.82, 2.24) is 0 Å². The molecule has 0 unspecified atom stereocenters. The fourth-order valence-corrected chi connectivity index (χ4v) is 1.15. The monoisotopic (exact) mass is 236 g/mol. The van der Waals surface area contributed by atoms with Gasteiger partial charge in [0.25, 0.3) is 0 Å². The van der Waals surface area contributed by atoms with Crippen LogP contribution in [0.25, 0.3) is 0 Å². The Bertz CT molecular complexity index is 416. The van der Waals surface area contributed by atoms with Crippen LogP contribution in [0.4, 0.5) is 17.6 Å². The molecule has 1 rings (SSSR count). The molecule has 0 aliphatic heterocycles. The minimum atomic E-state index is -4.88. The molecule has 0 spiro atoms. The van der Waals surface area contributed by atoms with E-state index in [0.717, 1.165) is 0 Å². The molecule has 1 aromatic carbocycles. The van der Waals surface area contributed by atoms with Gasteiger partial charge < -0.3 is 10.0 Å². The molecule has 0 saturated heterocycles. The van der Waals surface area contributed by atoms with Crippen LogP contribution in [0, 0.1) is 5.82 Å². The zero-order chi connectivity index (χ0) is 12.5. The fraction of sp³-hybridized carbons (Fsp3) is 0.125. The molecular weight excluding hydrogens is 231 g/mol. The van der Waals surface area contributed by atoms with Gasteiger partial charge in [0, 0.05) is 11.0 Å². The zero-order valence-corrected chi connectivity index (χ0v) is 7.62. The number of hydrogen-bond acceptors (Lipinski definition) is 3. The average molecular weight is 236 g/mol. The number of carbonyl (C=O) groups is 1. The van der Waals surface area contributed by atoms with Crippen LogP contribution in [0.15, 0.2) is 12.1 Å². The molecule has 0 fully saturated rings. The van der Waals surface area contributed by atoms with Crippen LogP contribution in [0.5, 0.6) is 0 Å². The second-order valence-electron chi connectivity index (χ2n) is 2.95. The summed E-state index contributed by atoms with van der Waals surface area (Å²) in [5.74, 6) is -1.44. The van der Waals surface area contributed by atoms with Crippen LogP contribution < -0.4 is 5.46 Å². The lowest BCUT2D eigenvalue weighted by Crippen LogP contribution is -2.34. The summed E-state index contributed by atoms with van der Waals surface area (Å²) in [5, 5.41) is 17.3. The molecule has 0 aromatic heterocycles. The second-order valence-corrected chi connectivity index (χ2v) is 2.95. The van der Waals surface area contributed by atoms with Crippen molar-refractivity contribution in [2.24, 2.45) is 0 Å². The summed E-state index contributed by atoms with van der Waals surface area (Å²) in [6.07, 6.45) is -5.01. The van der Waals surface area contributed by atoms with Gasteiger partial charge in [-0.2, -0.15) is 13.2 Å². The van der Waals surface area contributed by atoms with Gasteiger partial charge >= 0.3 is 13.3 Å². The van der Waals surface area contributed by atoms with Gasteiger partial charge in [0.15, 0.2) is 6.29 Å². The predicted molar refractivity (Wildman–Crippen MR) is 46.6 cm³/mol. The maximum atomic E-state index is 13.0. The molecule has 16 heavy (non-hydrogen) atoms. The molecule has 0 amide bonds. The van der Waals surface area contributed by atoms with E-state index in [4.69, 9.17) is 10.0 Å². The molecule has 0 radical (unpaired) electrons. The molecule has 3 nitrogen and oxygen atoms in total. The number of hydrogen-bond donors (Lipinski definition) is 2. The highest BCUT2D eigenvalue weighted by molar-refractivity contribution is 6.58. The van der Waals surface area contributed by atoms with Crippen LogP contribution in [0.2, 0.25) is 0 Å². The quantitative estimate of drug-likeness (QED) is 0.442. The smallest absolute Gasteiger partial charge is 0.423 e. The van der Waals surface area contributed by atoms with Crippen molar-refractivity contribution in [3.63, 3.8) is 0 Å². The van der Waals surface area contributed by atoms with Crippen molar-refractivity contribution >= 4 is 18.9 Å². The molecule has 0 aliphatic rings. The van der Waals surface area contributed by atoms with Gasteiger partial charge in [0.05, 0.1) is 5.56 Å². The maximum absolute atomic E-state index is 13.0. The Morgan fingerprint density at radius 3 is 2.19 bits per heavy atom. The van der Waals surface area contributed by atoms with E-state index in [9.17, 15) is 22.4 Å². The van der Waals surface area contributed by atoms with Crippen molar-refractivity contribution in [1.29, 1.82) is 0 Å². The van der Waals surface area contributed by atoms with E-state index in [2.05, 4.69) is 0 Å². The number of carbonyl (C=O) groups excluding carboxylic acids is 1. The first-order chi connectivity index (χ1) is 7.27. The molecule has 0 saturated carbocycles. The first-order valence-electron chi connectivity index (χ1n) is 3.99. The molecule has 86 valence electrons. The van der Waals surface area contributed by atoms with Crippen molar-refractivity contribution < 1.29 is 32.4 Å². The Kier molecular flexibility index (Phi) is 3.34. The first-order valence-corrected chi connectivity index (χ1v) is 3.99. The Morgan fingerprint density at radius 2 is 1.81 bits per heavy atom. The molecular formula is C8H5BF4O3. The third-order valence-electron chi connectivity index (χ3n) is 1.88. The molecule has 0 bridgehead atoms. The topological polar surface area (TPSA) is 57.5 Å². The van der Waals surface area contributed by atoms with E-state index in [1.54, 1.807) is 0 Å². The van der Waals surface area contributed by atoms with Crippen LogP contribution >= 0.6 is 0 Å². The highest BCUT2D eigenvalue weighted by Crippen LogP contribution is 2.31. The van der Waals surface area contributed by atoms with Gasteiger partial charge in [-0.05, 0) is 12.1 Å². The van der Waals surface area contributed by atoms with Crippen LogP contribution in [-0.2, 0) is 6.18 Å². The van der Waals surface area contributed by atoms with Gasteiger partial charge in [-0.15, -0.1) is 0 Å². The summed E-state index contributed by atoms with van der Waals surface area (Å²) >= 11 is 0. The lowest BCUT2D eigenvalue weighted by molar-refractivity contribution is -0.138. The fourth-order valence-electron chi connectivity index (χ4n) is 1.15. The maximum Gasteiger partial charge on any atom is 0.491 e. The van der Waals surface area contributed by atoms with Crippen LogP contribution in [-0.4, -0.2) is 23.5 Å². The van der Waals surface area contributed by atoms with Gasteiger partial charge in [-0.3, -0.25) is 4.79 Å². The Morgan fingerprint density at radius 1 is 1.25 bits per heavy atom. The molecule has 0 atom stereocenters. The summed E-state index contributed by atoms with van der Waals surface area (Å²) in [6, 6.07) is 0.508. The van der Waals surface area contributed by atoms with E-state index in [1.807, 2.05) is 0 Å². The van der Waals surface area contributed by atoms with Crippen molar-refractivity contribution in [3.8, 4) is 0 Å². The number of halogens is 4. The molecule has 8 heteroatoms. The van der Waals surface area contributed by atoms with Crippen molar-refractivity contribution in [2.75, 3.05) is 0 Å². The van der Waals surface area contributed by atoms with E-state index < -0.39 is 35.7 Å². The minimum absolute atomic E-state index is 0.0541. The lowest BCUT2D eigenvalue weighted by Gasteiger charge is -2.11. The predicted octanol–water partition coefficient (Wildman–Crippen LogP) is 0.337. The lowest BCUT2D eigenvalue weighted by atomic mass is 9.78. The number of aldehydes is 1. The SMILES string of the molecule is O=Cc1cc(B(O)O)c(F)cc1C(F)(F)F. The molecule has 0 heterocycles. The highest BCUT2D eigenvalue weighted by Gasteiger charge is 2.35. The largest absolute Gasteiger partial charge is 0.491 e. The van der Waals surface area contributed by atoms with Crippen molar-refractivity contribution in [3.05, 3.63) is 29.1 Å². The first kappa shape index (κ1) is 12.7. The summed E-state index contributed by atoms with van der Waals surface area (Å²) in [5.41, 5.74) is -3.09. The standard InChI is InChI=1S/C8H5BF4O3/c10-7-2-5(8(11,12)13)4(3-14)1-6(7)9(15)16/h1-3,15-16H. The summed E-state index contributed by atoms with van der Waals surface area (Å²) in [6.45, 7) is 0. The number of rotatable bonds is 2. The van der Waals surface area contributed by atoms with E-state index in [0.29, 0.717) is 6.07 Å². The molecule has 0 aliphatic carbocycles. The third-order valence-corrected chi connectivity index (χ3v) is 1.88. The second kappa shape index (κ2) is 4.22. The third kappa shape index (κ3) is 2.39. The average Bonchev–Trinajstić information content (AvgIpc) is 2.15. The summed E-state index contributed by atoms with van der Waals surface area (Å²) in [4.78, 5) is 10.4. The summed E-state index contributed by atoms with van der Waals surface area (Å²) < 4.78 is 49.9. The van der Waals surface area contributed by atoms with Gasteiger partial charge in [0.1, 0.15) is 5.82 Å². The number of alkyl halides is 3. The Labute approximate surface area is 87.5 Å². The normalized spacial score (nSPS) is 11.4.